The third-order valence-corrected chi connectivity index (χ3v) is 9.80. The fourth-order valence-corrected chi connectivity index (χ4v) is 7.15. The summed E-state index contributed by atoms with van der Waals surface area (Å²) in [5, 5.41) is 0. The van der Waals surface area contributed by atoms with Gasteiger partial charge < -0.3 is 14.7 Å². The molecule has 216 valence electrons. The molecule has 0 radical (unpaired) electrons. The van der Waals surface area contributed by atoms with Crippen LogP contribution in [0.2, 0.25) is 0 Å². The van der Waals surface area contributed by atoms with E-state index >= 15 is 0 Å². The highest BCUT2D eigenvalue weighted by atomic mass is 16.2. The number of carbonyl (C=O) groups is 2. The predicted octanol–water partition coefficient (Wildman–Crippen LogP) is 7.98. The molecule has 4 unspecified atom stereocenters. The fourth-order valence-electron chi connectivity index (χ4n) is 7.15. The van der Waals surface area contributed by atoms with Crippen molar-refractivity contribution in [3.8, 4) is 0 Å². The van der Waals surface area contributed by atoms with Crippen molar-refractivity contribution < 1.29 is 9.59 Å². The van der Waals surface area contributed by atoms with Crippen molar-refractivity contribution in [3.05, 3.63) is 0 Å². The van der Waals surface area contributed by atoms with E-state index in [1.54, 1.807) is 0 Å². The molecule has 3 amide bonds. The van der Waals surface area contributed by atoms with Crippen LogP contribution in [0.5, 0.6) is 0 Å². The summed E-state index contributed by atoms with van der Waals surface area (Å²) in [6, 6.07) is 0.969. The van der Waals surface area contributed by atoms with Gasteiger partial charge in [-0.1, -0.05) is 83.1 Å². The average Bonchev–Trinajstić information content (AvgIpc) is 3.37. The molecule has 5 nitrogen and oxygen atoms in total. The van der Waals surface area contributed by atoms with Crippen LogP contribution in [0.15, 0.2) is 0 Å². The predicted molar refractivity (Wildman–Crippen MR) is 157 cm³/mol. The second-order valence-corrected chi connectivity index (χ2v) is 15.4. The van der Waals surface area contributed by atoms with Crippen molar-refractivity contribution in [1.29, 1.82) is 0 Å². The molecular weight excluding hydrogens is 458 g/mol. The van der Waals surface area contributed by atoms with E-state index in [0.29, 0.717) is 18.4 Å². The summed E-state index contributed by atoms with van der Waals surface area (Å²) in [4.78, 5) is 33.3. The lowest BCUT2D eigenvalue weighted by Gasteiger charge is -2.54. The van der Waals surface area contributed by atoms with Crippen LogP contribution < -0.4 is 0 Å². The van der Waals surface area contributed by atoms with Crippen molar-refractivity contribution in [1.82, 2.24) is 14.7 Å². The Labute approximate surface area is 230 Å². The molecule has 0 aromatic heterocycles. The number of rotatable bonds is 12. The largest absolute Gasteiger partial charge is 0.339 e. The second-order valence-electron chi connectivity index (χ2n) is 15.4. The Morgan fingerprint density at radius 3 is 1.54 bits per heavy atom. The molecule has 0 aromatic carbocycles. The zero-order valence-corrected chi connectivity index (χ0v) is 26.7. The molecule has 4 atom stereocenters. The quantitative estimate of drug-likeness (QED) is 0.262. The van der Waals surface area contributed by atoms with E-state index in [4.69, 9.17) is 0 Å². The van der Waals surface area contributed by atoms with Crippen LogP contribution in [0.3, 0.4) is 0 Å². The van der Waals surface area contributed by atoms with E-state index in [0.717, 1.165) is 64.6 Å². The van der Waals surface area contributed by atoms with Gasteiger partial charge >= 0.3 is 6.03 Å². The molecule has 2 heterocycles. The first kappa shape index (κ1) is 32.0. The molecule has 0 spiro atoms. The van der Waals surface area contributed by atoms with Gasteiger partial charge in [-0.15, -0.1) is 0 Å². The van der Waals surface area contributed by atoms with Crippen LogP contribution in [0.1, 0.15) is 134 Å². The van der Waals surface area contributed by atoms with Crippen LogP contribution in [0, 0.1) is 21.7 Å². The Morgan fingerprint density at radius 2 is 1.16 bits per heavy atom. The van der Waals surface area contributed by atoms with Crippen molar-refractivity contribution in [2.75, 3.05) is 19.6 Å². The van der Waals surface area contributed by atoms with Gasteiger partial charge in [0.15, 0.2) is 0 Å². The molecular formula is C32H61N3O2. The third kappa shape index (κ3) is 7.44. The molecule has 2 rings (SSSR count). The molecule has 0 bridgehead atoms. The first-order chi connectivity index (χ1) is 16.9. The summed E-state index contributed by atoms with van der Waals surface area (Å²) in [6.07, 6.45) is 7.65. The smallest absolute Gasteiger partial charge is 0.320 e. The molecule has 0 saturated carbocycles. The van der Waals surface area contributed by atoms with E-state index in [9.17, 15) is 9.59 Å². The van der Waals surface area contributed by atoms with Gasteiger partial charge in [0, 0.05) is 44.2 Å². The minimum Gasteiger partial charge on any atom is -0.339 e. The van der Waals surface area contributed by atoms with Gasteiger partial charge in [-0.25, -0.2) is 4.79 Å². The molecule has 2 fully saturated rings. The van der Waals surface area contributed by atoms with E-state index in [1.165, 1.54) is 0 Å². The number of amides is 3. The highest BCUT2D eigenvalue weighted by molar-refractivity contribution is 5.78. The van der Waals surface area contributed by atoms with Gasteiger partial charge in [0.05, 0.1) is 0 Å². The summed E-state index contributed by atoms with van der Waals surface area (Å²) in [7, 11) is 0. The van der Waals surface area contributed by atoms with Crippen LogP contribution >= 0.6 is 0 Å². The minimum absolute atomic E-state index is 0.0372. The van der Waals surface area contributed by atoms with E-state index in [1.807, 2.05) is 0 Å². The van der Waals surface area contributed by atoms with Crippen molar-refractivity contribution >= 4 is 11.9 Å². The topological polar surface area (TPSA) is 43.9 Å². The first-order valence-electron chi connectivity index (χ1n) is 15.3. The third-order valence-electron chi connectivity index (χ3n) is 9.80. The minimum atomic E-state index is -0.0473. The Morgan fingerprint density at radius 1 is 0.676 bits per heavy atom. The average molecular weight is 520 g/mol. The first-order valence-corrected chi connectivity index (χ1v) is 15.3. The maximum atomic E-state index is 13.8. The summed E-state index contributed by atoms with van der Waals surface area (Å²) in [5.41, 5.74) is 0.259. The van der Waals surface area contributed by atoms with Crippen LogP contribution in [0.4, 0.5) is 4.79 Å². The van der Waals surface area contributed by atoms with Crippen LogP contribution in [-0.4, -0.2) is 64.4 Å². The normalized spacial score (nSPS) is 22.0. The highest BCUT2D eigenvalue weighted by Gasteiger charge is 2.51. The second kappa shape index (κ2) is 11.9. The number of hydrogen-bond donors (Lipinski definition) is 0. The van der Waals surface area contributed by atoms with Gasteiger partial charge in [-0.05, 0) is 66.6 Å². The Bertz CT molecular complexity index is 778. The van der Waals surface area contributed by atoms with E-state index < -0.39 is 0 Å². The zero-order chi connectivity index (χ0) is 28.4. The van der Waals surface area contributed by atoms with Gasteiger partial charge in [0.25, 0.3) is 0 Å². The number of likely N-dealkylation sites (tertiary alicyclic amines) is 1. The summed E-state index contributed by atoms with van der Waals surface area (Å²) in [6.45, 7) is 30.3. The maximum Gasteiger partial charge on any atom is 0.320 e. The van der Waals surface area contributed by atoms with E-state index in [2.05, 4.69) is 97.8 Å². The fraction of sp³-hybridized carbons (Fsp3) is 0.938. The van der Waals surface area contributed by atoms with Crippen molar-refractivity contribution in [2.24, 2.45) is 21.7 Å². The Hall–Kier alpha value is -1.26. The summed E-state index contributed by atoms with van der Waals surface area (Å²) < 4.78 is 0. The van der Waals surface area contributed by atoms with E-state index in [-0.39, 0.29) is 39.8 Å². The lowest BCUT2D eigenvalue weighted by molar-refractivity contribution is -0.137. The number of carbonyl (C=O) groups excluding carboxylic acids is 2. The lowest BCUT2D eigenvalue weighted by Crippen LogP contribution is -2.56. The number of nitrogens with zero attached hydrogens (tertiary/aromatic N) is 3. The lowest BCUT2D eigenvalue weighted by atomic mass is 9.56. The molecule has 2 aliphatic rings. The van der Waals surface area contributed by atoms with Crippen LogP contribution in [-0.2, 0) is 4.79 Å². The van der Waals surface area contributed by atoms with Crippen LogP contribution in [0.25, 0.3) is 0 Å². The van der Waals surface area contributed by atoms with Gasteiger partial charge in [-0.3, -0.25) is 4.79 Å². The van der Waals surface area contributed by atoms with Gasteiger partial charge in [0.2, 0.25) is 5.91 Å². The monoisotopic (exact) mass is 519 g/mol. The highest BCUT2D eigenvalue weighted by Crippen LogP contribution is 2.53. The van der Waals surface area contributed by atoms with Gasteiger partial charge in [-0.2, -0.15) is 0 Å². The van der Waals surface area contributed by atoms with Crippen molar-refractivity contribution in [2.45, 2.75) is 153 Å². The zero-order valence-electron chi connectivity index (χ0n) is 26.7. The SMILES string of the molecule is CCC(CC(C)(C)C)N1CCN(C(CC)CC(C)(C)C(C)(CC)C(CC(C)(C)C)N2CCCC2=O)C1=O. The van der Waals surface area contributed by atoms with Crippen molar-refractivity contribution in [3.63, 3.8) is 0 Å². The summed E-state index contributed by atoms with van der Waals surface area (Å²) >= 11 is 0. The standard InChI is InChI=1S/C32H61N3O2/c1-13-24(21-29(4,5)6)33-19-20-34(28(33)37)25(14-2)22-31(10,11)32(12,15-3)26(23-30(7,8)9)35-18-16-17-27(35)36/h24-26H,13-23H2,1-12H3. The number of urea groups is 1. The molecule has 5 heteroatoms. The number of hydrogen-bond acceptors (Lipinski definition) is 2. The van der Waals surface area contributed by atoms with Gasteiger partial charge in [0.1, 0.15) is 0 Å². The Kier molecular flexibility index (Phi) is 10.2. The maximum absolute atomic E-state index is 13.8. The molecule has 2 saturated heterocycles. The molecule has 2 aliphatic heterocycles. The molecule has 0 aliphatic carbocycles. The summed E-state index contributed by atoms with van der Waals surface area (Å²) in [5.74, 6) is 0.326. The Balaban J connectivity index is 2.32. The molecule has 37 heavy (non-hydrogen) atoms. The molecule has 0 N–H and O–H groups in total. The molecule has 0 aromatic rings.